The van der Waals surface area contributed by atoms with E-state index in [-0.39, 0.29) is 36.5 Å². The third kappa shape index (κ3) is 6.62. The van der Waals surface area contributed by atoms with Crippen LogP contribution in [0.15, 0.2) is 53.5 Å². The maximum absolute atomic E-state index is 11.7. The lowest BCUT2D eigenvalue weighted by Crippen LogP contribution is -2.44. The molecule has 1 aliphatic rings. The molecule has 0 spiro atoms. The van der Waals surface area contributed by atoms with Gasteiger partial charge in [-0.2, -0.15) is 0 Å². The Morgan fingerprint density at radius 3 is 2.67 bits per heavy atom. The summed E-state index contributed by atoms with van der Waals surface area (Å²) in [7, 11) is 3.44. The summed E-state index contributed by atoms with van der Waals surface area (Å²) in [6, 6.07) is 16.4. The van der Waals surface area contributed by atoms with Gasteiger partial charge in [0.05, 0.1) is 6.54 Å². The predicted octanol–water partition coefficient (Wildman–Crippen LogP) is 3.30. The van der Waals surface area contributed by atoms with Crippen molar-refractivity contribution in [2.24, 2.45) is 4.99 Å². The molecule has 0 atom stereocenters. The van der Waals surface area contributed by atoms with Crippen LogP contribution in [0.25, 0.3) is 0 Å². The second-order valence-electron chi connectivity index (χ2n) is 7.33. The minimum absolute atomic E-state index is 0. The number of guanidine groups is 1. The summed E-state index contributed by atoms with van der Waals surface area (Å²) in [6.07, 6.45) is 1.03. The van der Waals surface area contributed by atoms with Gasteiger partial charge in [0.1, 0.15) is 5.75 Å². The van der Waals surface area contributed by atoms with Crippen molar-refractivity contribution in [3.05, 3.63) is 65.2 Å². The van der Waals surface area contributed by atoms with Crippen LogP contribution in [0.4, 0.5) is 0 Å². The van der Waals surface area contributed by atoms with Gasteiger partial charge >= 0.3 is 0 Å². The van der Waals surface area contributed by atoms with E-state index in [2.05, 4.69) is 41.4 Å². The Hall–Kier alpha value is -2.29. The molecule has 0 radical (unpaired) electrons. The maximum atomic E-state index is 11.7. The molecule has 1 amide bonds. The zero-order valence-electron chi connectivity index (χ0n) is 17.9. The second kappa shape index (κ2) is 11.8. The number of nitrogens with zero attached hydrogens (tertiary/aromatic N) is 3. The van der Waals surface area contributed by atoms with Gasteiger partial charge in [-0.25, -0.2) is 4.99 Å². The molecule has 0 unspecified atom stereocenters. The van der Waals surface area contributed by atoms with Gasteiger partial charge in [0.15, 0.2) is 12.6 Å². The fourth-order valence-corrected chi connectivity index (χ4v) is 3.28. The Labute approximate surface area is 196 Å². The molecule has 7 heteroatoms. The number of hydrogen-bond acceptors (Lipinski definition) is 3. The van der Waals surface area contributed by atoms with Gasteiger partial charge in [-0.3, -0.25) is 4.79 Å². The molecule has 0 bridgehead atoms. The number of rotatable bonds is 6. The Morgan fingerprint density at radius 2 is 1.93 bits per heavy atom. The lowest BCUT2D eigenvalue weighted by Gasteiger charge is -2.31. The summed E-state index contributed by atoms with van der Waals surface area (Å²) in [5, 5.41) is 3.42. The highest BCUT2D eigenvalue weighted by Crippen LogP contribution is 2.19. The predicted molar refractivity (Wildman–Crippen MR) is 131 cm³/mol. The number of ether oxygens (including phenoxy) is 1. The van der Waals surface area contributed by atoms with Crippen LogP contribution in [0.5, 0.6) is 5.75 Å². The standard InChI is InChI=1S/C23H30N4O2.HI/c1-4-24-23(27-13-12-19-9-5-6-10-20(19)16-27)25-15-18-8-7-11-21(14-18)29-17-22(28)26(2)3;/h5-11,14H,4,12-13,15-17H2,1-3H3,(H,24,25);1H. The number of nitrogens with one attached hydrogen (secondary N) is 1. The van der Waals surface area contributed by atoms with Crippen LogP contribution >= 0.6 is 24.0 Å². The topological polar surface area (TPSA) is 57.2 Å². The van der Waals surface area contributed by atoms with E-state index in [1.165, 1.54) is 16.0 Å². The average molecular weight is 522 g/mol. The molecule has 2 aromatic rings. The van der Waals surface area contributed by atoms with E-state index in [1.54, 1.807) is 14.1 Å². The first kappa shape index (κ1) is 24.0. The van der Waals surface area contributed by atoms with Crippen LogP contribution in [-0.2, 0) is 24.3 Å². The highest BCUT2D eigenvalue weighted by Gasteiger charge is 2.18. The number of halogens is 1. The summed E-state index contributed by atoms with van der Waals surface area (Å²) in [5.74, 6) is 1.55. The Balaban J connectivity index is 0.00000320. The largest absolute Gasteiger partial charge is 0.484 e. The number of benzene rings is 2. The van der Waals surface area contributed by atoms with Crippen LogP contribution in [-0.4, -0.2) is 55.5 Å². The maximum Gasteiger partial charge on any atom is 0.259 e. The molecule has 0 aliphatic carbocycles. The number of amides is 1. The number of fused-ring (bicyclic) bond motifs is 1. The number of aliphatic imine (C=N–C) groups is 1. The average Bonchev–Trinajstić information content (AvgIpc) is 2.74. The van der Waals surface area contributed by atoms with E-state index in [0.717, 1.165) is 37.6 Å². The second-order valence-corrected chi connectivity index (χ2v) is 7.33. The smallest absolute Gasteiger partial charge is 0.259 e. The molecule has 1 aliphatic heterocycles. The normalized spacial score (nSPS) is 13.2. The van der Waals surface area contributed by atoms with Crippen LogP contribution in [0, 0.1) is 0 Å². The van der Waals surface area contributed by atoms with Crippen molar-refractivity contribution in [1.29, 1.82) is 0 Å². The van der Waals surface area contributed by atoms with E-state index >= 15 is 0 Å². The number of carbonyl (C=O) groups is 1. The van der Waals surface area contributed by atoms with E-state index < -0.39 is 0 Å². The van der Waals surface area contributed by atoms with Crippen LogP contribution in [0.2, 0.25) is 0 Å². The van der Waals surface area contributed by atoms with Crippen molar-refractivity contribution in [1.82, 2.24) is 15.1 Å². The quantitative estimate of drug-likeness (QED) is 0.360. The van der Waals surface area contributed by atoms with Gasteiger partial charge in [0, 0.05) is 33.7 Å². The summed E-state index contributed by atoms with van der Waals surface area (Å²) in [5.41, 5.74) is 3.84. The zero-order chi connectivity index (χ0) is 20.6. The van der Waals surface area contributed by atoms with Crippen LogP contribution in [0.3, 0.4) is 0 Å². The lowest BCUT2D eigenvalue weighted by molar-refractivity contribution is -0.130. The van der Waals surface area contributed by atoms with Crippen LogP contribution < -0.4 is 10.1 Å². The first-order valence-corrected chi connectivity index (χ1v) is 10.1. The summed E-state index contributed by atoms with van der Waals surface area (Å²) >= 11 is 0. The first-order chi connectivity index (χ1) is 14.1. The molecular weight excluding hydrogens is 491 g/mol. The van der Waals surface area contributed by atoms with Crippen molar-refractivity contribution in [2.75, 3.05) is 33.8 Å². The van der Waals surface area contributed by atoms with Crippen molar-refractivity contribution in [3.8, 4) is 5.75 Å². The third-order valence-corrected chi connectivity index (χ3v) is 4.94. The number of carbonyl (C=O) groups excluding carboxylic acids is 1. The summed E-state index contributed by atoms with van der Waals surface area (Å²) in [6.45, 7) is 5.34. The van der Waals surface area contributed by atoms with Gasteiger partial charge < -0.3 is 19.9 Å². The van der Waals surface area contributed by atoms with Gasteiger partial charge in [-0.05, 0) is 42.2 Å². The molecule has 0 aromatic heterocycles. The van der Waals surface area contributed by atoms with E-state index in [0.29, 0.717) is 12.3 Å². The van der Waals surface area contributed by atoms with Crippen LogP contribution in [0.1, 0.15) is 23.6 Å². The van der Waals surface area contributed by atoms with E-state index in [9.17, 15) is 4.79 Å². The van der Waals surface area contributed by atoms with Crippen molar-refractivity contribution >= 4 is 35.8 Å². The molecule has 0 fully saturated rings. The molecule has 1 N–H and O–H groups in total. The number of likely N-dealkylation sites (N-methyl/N-ethyl adjacent to an activating group) is 1. The van der Waals surface area contributed by atoms with Gasteiger partial charge in [-0.15, -0.1) is 24.0 Å². The Kier molecular flexibility index (Phi) is 9.42. The molecule has 162 valence electrons. The summed E-state index contributed by atoms with van der Waals surface area (Å²) < 4.78 is 5.61. The van der Waals surface area contributed by atoms with Gasteiger partial charge in [-0.1, -0.05) is 36.4 Å². The molecule has 0 saturated heterocycles. The molecule has 1 heterocycles. The molecule has 2 aromatic carbocycles. The minimum Gasteiger partial charge on any atom is -0.484 e. The Bertz CT molecular complexity index is 870. The first-order valence-electron chi connectivity index (χ1n) is 10.1. The van der Waals surface area contributed by atoms with E-state index in [1.807, 2.05) is 24.3 Å². The van der Waals surface area contributed by atoms with E-state index in [4.69, 9.17) is 9.73 Å². The molecule has 3 rings (SSSR count). The van der Waals surface area contributed by atoms with Crippen molar-refractivity contribution in [3.63, 3.8) is 0 Å². The highest BCUT2D eigenvalue weighted by molar-refractivity contribution is 14.0. The highest BCUT2D eigenvalue weighted by atomic mass is 127. The molecular formula is C23H31IN4O2. The SMILES string of the molecule is CCNC(=NCc1cccc(OCC(=O)N(C)C)c1)N1CCc2ccccc2C1.I. The fraction of sp³-hybridized carbons (Fsp3) is 0.391. The minimum atomic E-state index is -0.0618. The van der Waals surface area contributed by atoms with Crippen molar-refractivity contribution < 1.29 is 9.53 Å². The van der Waals surface area contributed by atoms with Gasteiger partial charge in [0.25, 0.3) is 5.91 Å². The zero-order valence-corrected chi connectivity index (χ0v) is 20.3. The lowest BCUT2D eigenvalue weighted by atomic mass is 10.0. The Morgan fingerprint density at radius 1 is 1.17 bits per heavy atom. The molecule has 0 saturated carbocycles. The third-order valence-electron chi connectivity index (χ3n) is 4.94. The molecule has 30 heavy (non-hydrogen) atoms. The number of hydrogen-bond donors (Lipinski definition) is 1. The van der Waals surface area contributed by atoms with Gasteiger partial charge in [0.2, 0.25) is 0 Å². The summed E-state index contributed by atoms with van der Waals surface area (Å²) in [4.78, 5) is 20.4. The monoisotopic (exact) mass is 522 g/mol. The van der Waals surface area contributed by atoms with Crippen molar-refractivity contribution in [2.45, 2.75) is 26.4 Å². The molecule has 6 nitrogen and oxygen atoms in total. The fourth-order valence-electron chi connectivity index (χ4n) is 3.28.